The Labute approximate surface area is 173 Å². The molecule has 1 atom stereocenters. The van der Waals surface area contributed by atoms with Crippen LogP contribution in [0.15, 0.2) is 30.3 Å². The normalized spacial score (nSPS) is 15.3. The van der Waals surface area contributed by atoms with Crippen molar-refractivity contribution in [2.75, 3.05) is 46.5 Å². The molecule has 0 bridgehead atoms. The number of benzene rings is 2. The van der Waals surface area contributed by atoms with E-state index in [9.17, 15) is 9.90 Å². The van der Waals surface area contributed by atoms with Crippen LogP contribution in [0.5, 0.6) is 23.0 Å². The molecule has 8 nitrogen and oxygen atoms in total. The summed E-state index contributed by atoms with van der Waals surface area (Å²) in [7, 11) is 6.22. The van der Waals surface area contributed by atoms with Crippen molar-refractivity contribution in [1.29, 1.82) is 0 Å². The van der Waals surface area contributed by atoms with E-state index in [0.29, 0.717) is 47.3 Å². The zero-order chi connectivity index (χ0) is 21.4. The Morgan fingerprint density at radius 1 is 1.13 bits per heavy atom. The summed E-state index contributed by atoms with van der Waals surface area (Å²) in [6, 6.07) is 8.74. The number of aromatic hydroxyl groups is 1. The largest absolute Gasteiger partial charge is 0.508 e. The monoisotopic (exact) mass is 412 g/mol. The van der Waals surface area contributed by atoms with Crippen molar-refractivity contribution in [1.82, 2.24) is 4.98 Å². The summed E-state index contributed by atoms with van der Waals surface area (Å²) in [5, 5.41) is 11.1. The minimum atomic E-state index is -0.211. The Bertz CT molecular complexity index is 1110. The molecular formula is C22H24N2O6. The molecule has 1 unspecified atom stereocenters. The first kappa shape index (κ1) is 19.9. The molecule has 2 heterocycles. The number of rotatable bonds is 6. The first-order chi connectivity index (χ1) is 14.5. The number of phenolic OH excluding ortho intramolecular Hbond substituents is 1. The van der Waals surface area contributed by atoms with Crippen molar-refractivity contribution in [2.45, 2.75) is 5.92 Å². The van der Waals surface area contributed by atoms with Crippen LogP contribution in [0.2, 0.25) is 0 Å². The SMILES string of the molecule is COCC1CN(C(=O)c2cc3cc(OC)c(OC)c(OC)c3[nH]2)c2cccc(O)c21. The molecule has 30 heavy (non-hydrogen) atoms. The van der Waals surface area contributed by atoms with E-state index < -0.39 is 0 Å². The zero-order valence-electron chi connectivity index (χ0n) is 17.3. The first-order valence-corrected chi connectivity index (χ1v) is 9.48. The molecule has 1 aliphatic rings. The number of aromatic amines is 1. The number of aromatic nitrogens is 1. The maximum absolute atomic E-state index is 13.4. The number of anilines is 1. The summed E-state index contributed by atoms with van der Waals surface area (Å²) in [6.07, 6.45) is 0. The number of nitrogens with zero attached hydrogens (tertiary/aromatic N) is 1. The quantitative estimate of drug-likeness (QED) is 0.645. The molecule has 0 saturated carbocycles. The Hall–Kier alpha value is -3.39. The summed E-state index contributed by atoms with van der Waals surface area (Å²) >= 11 is 0. The third kappa shape index (κ3) is 3.00. The van der Waals surface area contributed by atoms with Crippen LogP contribution in [0.1, 0.15) is 22.0 Å². The minimum Gasteiger partial charge on any atom is -0.508 e. The van der Waals surface area contributed by atoms with Crippen LogP contribution in [0.25, 0.3) is 10.9 Å². The standard InChI is InChI=1S/C22H24N2O6/c1-27-11-13-10-24(15-6-5-7-16(25)18(13)15)22(26)14-8-12-9-17(28-2)20(29-3)21(30-4)19(12)23-14/h5-9,13,23,25H,10-11H2,1-4H3. The number of H-pyrrole nitrogens is 1. The summed E-state index contributed by atoms with van der Waals surface area (Å²) in [5.74, 6) is 1.27. The highest BCUT2D eigenvalue weighted by Gasteiger charge is 2.35. The van der Waals surface area contributed by atoms with Gasteiger partial charge in [0.25, 0.3) is 5.91 Å². The minimum absolute atomic E-state index is 0.103. The van der Waals surface area contributed by atoms with Gasteiger partial charge >= 0.3 is 0 Å². The molecule has 0 saturated heterocycles. The summed E-state index contributed by atoms with van der Waals surface area (Å²) in [4.78, 5) is 18.2. The summed E-state index contributed by atoms with van der Waals surface area (Å²) < 4.78 is 21.7. The number of methoxy groups -OCH3 is 4. The smallest absolute Gasteiger partial charge is 0.274 e. The van der Waals surface area contributed by atoms with Gasteiger partial charge in [0, 0.05) is 30.5 Å². The Kier molecular flexibility index (Phi) is 5.17. The number of carbonyl (C=O) groups excluding carboxylic acids is 1. The van der Waals surface area contributed by atoms with Crippen LogP contribution in [0.3, 0.4) is 0 Å². The van der Waals surface area contributed by atoms with E-state index >= 15 is 0 Å². The molecule has 4 rings (SSSR count). The van der Waals surface area contributed by atoms with Crippen molar-refractivity contribution in [2.24, 2.45) is 0 Å². The number of nitrogens with one attached hydrogen (secondary N) is 1. The molecule has 0 aliphatic carbocycles. The van der Waals surface area contributed by atoms with E-state index in [4.69, 9.17) is 18.9 Å². The summed E-state index contributed by atoms with van der Waals surface area (Å²) in [5.41, 5.74) is 2.45. The average Bonchev–Trinajstić information content (AvgIpc) is 3.34. The van der Waals surface area contributed by atoms with Crippen LogP contribution in [-0.2, 0) is 4.74 Å². The lowest BCUT2D eigenvalue weighted by atomic mass is 10.0. The number of carbonyl (C=O) groups is 1. The fraction of sp³-hybridized carbons (Fsp3) is 0.318. The predicted octanol–water partition coefficient (Wildman–Crippen LogP) is 3.29. The second-order valence-corrected chi connectivity index (χ2v) is 7.07. The van der Waals surface area contributed by atoms with Crippen LogP contribution in [0, 0.1) is 0 Å². The van der Waals surface area contributed by atoms with E-state index in [1.807, 2.05) is 6.07 Å². The van der Waals surface area contributed by atoms with Gasteiger partial charge in [0.05, 0.1) is 39.1 Å². The number of amides is 1. The number of fused-ring (bicyclic) bond motifs is 2. The van der Waals surface area contributed by atoms with Gasteiger partial charge in [0.2, 0.25) is 5.75 Å². The van der Waals surface area contributed by atoms with E-state index in [2.05, 4.69) is 4.98 Å². The van der Waals surface area contributed by atoms with Gasteiger partial charge in [-0.25, -0.2) is 0 Å². The maximum Gasteiger partial charge on any atom is 0.274 e. The van der Waals surface area contributed by atoms with E-state index in [0.717, 1.165) is 10.9 Å². The lowest BCUT2D eigenvalue weighted by Crippen LogP contribution is -2.30. The molecule has 3 aromatic rings. The fourth-order valence-electron chi connectivity index (χ4n) is 4.14. The van der Waals surface area contributed by atoms with Gasteiger partial charge in [-0.05, 0) is 24.3 Å². The van der Waals surface area contributed by atoms with Crippen LogP contribution in [-0.4, -0.2) is 57.6 Å². The van der Waals surface area contributed by atoms with Crippen molar-refractivity contribution >= 4 is 22.5 Å². The lowest BCUT2D eigenvalue weighted by Gasteiger charge is -2.17. The molecule has 0 spiro atoms. The molecule has 2 N–H and O–H groups in total. The zero-order valence-corrected chi connectivity index (χ0v) is 17.3. The second-order valence-electron chi connectivity index (χ2n) is 7.07. The second kappa shape index (κ2) is 7.79. The number of ether oxygens (including phenoxy) is 4. The van der Waals surface area contributed by atoms with Gasteiger partial charge < -0.3 is 33.9 Å². The Morgan fingerprint density at radius 2 is 1.90 bits per heavy atom. The van der Waals surface area contributed by atoms with Gasteiger partial charge in [-0.3, -0.25) is 4.79 Å². The fourth-order valence-corrected chi connectivity index (χ4v) is 4.14. The number of hydrogen-bond acceptors (Lipinski definition) is 6. The molecule has 0 fully saturated rings. The number of phenols is 1. The highest BCUT2D eigenvalue weighted by Crippen LogP contribution is 2.45. The first-order valence-electron chi connectivity index (χ1n) is 9.48. The van der Waals surface area contributed by atoms with Crippen molar-refractivity contribution < 1.29 is 28.8 Å². The lowest BCUT2D eigenvalue weighted by molar-refractivity contribution is 0.0981. The van der Waals surface area contributed by atoms with Crippen molar-refractivity contribution in [3.8, 4) is 23.0 Å². The van der Waals surface area contributed by atoms with E-state index in [1.54, 1.807) is 43.4 Å². The summed E-state index contributed by atoms with van der Waals surface area (Å²) in [6.45, 7) is 0.821. The molecule has 1 aliphatic heterocycles. The predicted molar refractivity (Wildman–Crippen MR) is 112 cm³/mol. The number of hydrogen-bond donors (Lipinski definition) is 2. The van der Waals surface area contributed by atoms with Gasteiger partial charge in [0.15, 0.2) is 11.5 Å². The molecule has 8 heteroatoms. The topological polar surface area (TPSA) is 93.3 Å². The van der Waals surface area contributed by atoms with Gasteiger partial charge in [0.1, 0.15) is 11.4 Å². The highest BCUT2D eigenvalue weighted by molar-refractivity contribution is 6.09. The molecule has 158 valence electrons. The van der Waals surface area contributed by atoms with Gasteiger partial charge in [-0.15, -0.1) is 0 Å². The molecule has 2 aromatic carbocycles. The maximum atomic E-state index is 13.4. The molecule has 1 amide bonds. The van der Waals surface area contributed by atoms with Gasteiger partial charge in [-0.2, -0.15) is 0 Å². The average molecular weight is 412 g/mol. The molecular weight excluding hydrogens is 388 g/mol. The van der Waals surface area contributed by atoms with E-state index in [1.165, 1.54) is 14.2 Å². The van der Waals surface area contributed by atoms with Gasteiger partial charge in [-0.1, -0.05) is 6.07 Å². The third-order valence-corrected chi connectivity index (χ3v) is 5.43. The third-order valence-electron chi connectivity index (χ3n) is 5.43. The molecule has 1 aromatic heterocycles. The Morgan fingerprint density at radius 3 is 2.57 bits per heavy atom. The van der Waals surface area contributed by atoms with E-state index in [-0.39, 0.29) is 17.6 Å². The van der Waals surface area contributed by atoms with Crippen molar-refractivity contribution in [3.63, 3.8) is 0 Å². The van der Waals surface area contributed by atoms with Crippen LogP contribution >= 0.6 is 0 Å². The molecule has 0 radical (unpaired) electrons. The Balaban J connectivity index is 1.78. The van der Waals surface area contributed by atoms with Crippen molar-refractivity contribution in [3.05, 3.63) is 41.6 Å². The van der Waals surface area contributed by atoms with Crippen LogP contribution < -0.4 is 19.1 Å². The highest BCUT2D eigenvalue weighted by atomic mass is 16.5. The van der Waals surface area contributed by atoms with Crippen LogP contribution in [0.4, 0.5) is 5.69 Å².